The van der Waals surface area contributed by atoms with Gasteiger partial charge in [-0.05, 0) is 24.1 Å². The van der Waals surface area contributed by atoms with Crippen LogP contribution >= 0.6 is 0 Å². The minimum atomic E-state index is -2.69. The Bertz CT molecular complexity index is 431. The van der Waals surface area contributed by atoms with Crippen LogP contribution in [0.25, 0.3) is 0 Å². The van der Waals surface area contributed by atoms with Gasteiger partial charge in [-0.1, -0.05) is 12.1 Å². The van der Waals surface area contributed by atoms with Gasteiger partial charge in [-0.15, -0.1) is 0 Å². The van der Waals surface area contributed by atoms with Crippen LogP contribution in [0, 0.1) is 5.92 Å². The van der Waals surface area contributed by atoms with E-state index in [9.17, 15) is 13.6 Å². The lowest BCUT2D eigenvalue weighted by atomic mass is 10.1. The van der Waals surface area contributed by atoms with Crippen molar-refractivity contribution in [3.63, 3.8) is 0 Å². The summed E-state index contributed by atoms with van der Waals surface area (Å²) in [5, 5.41) is 11.7. The molecule has 1 atom stereocenters. The number of hydrogen-bond acceptors (Lipinski definition) is 2. The fraction of sp³-hybridized carbons (Fsp3) is 0.462. The van der Waals surface area contributed by atoms with Crippen LogP contribution < -0.4 is 5.32 Å². The first-order chi connectivity index (χ1) is 8.46. The number of benzene rings is 1. The number of carbonyl (C=O) groups excluding carboxylic acids is 1. The van der Waals surface area contributed by atoms with Crippen LogP contribution in [0.5, 0.6) is 5.75 Å². The highest BCUT2D eigenvalue weighted by molar-refractivity contribution is 5.79. The zero-order valence-corrected chi connectivity index (χ0v) is 9.83. The van der Waals surface area contributed by atoms with Crippen molar-refractivity contribution in [3.05, 3.63) is 29.8 Å². The van der Waals surface area contributed by atoms with Crippen molar-refractivity contribution < 1.29 is 18.7 Å². The van der Waals surface area contributed by atoms with Crippen molar-refractivity contribution in [2.75, 3.05) is 0 Å². The highest BCUT2D eigenvalue weighted by atomic mass is 19.3. The maximum Gasteiger partial charge on any atom is 0.248 e. The Labute approximate surface area is 104 Å². The molecule has 0 bridgehead atoms. The van der Waals surface area contributed by atoms with E-state index < -0.39 is 11.8 Å². The zero-order valence-electron chi connectivity index (χ0n) is 9.83. The first-order valence-electron chi connectivity index (χ1n) is 5.90. The Kier molecular flexibility index (Phi) is 3.50. The van der Waals surface area contributed by atoms with Crippen LogP contribution in [-0.4, -0.2) is 16.9 Å². The van der Waals surface area contributed by atoms with Gasteiger partial charge in [0.2, 0.25) is 11.8 Å². The van der Waals surface area contributed by atoms with E-state index in [-0.39, 0.29) is 30.9 Å². The summed E-state index contributed by atoms with van der Waals surface area (Å²) in [6.07, 6.45) is -0.312. The van der Waals surface area contributed by atoms with Gasteiger partial charge in [0.15, 0.2) is 0 Å². The summed E-state index contributed by atoms with van der Waals surface area (Å²) in [7, 11) is 0. The molecule has 0 aromatic heterocycles. The van der Waals surface area contributed by atoms with Crippen LogP contribution in [0.15, 0.2) is 24.3 Å². The quantitative estimate of drug-likeness (QED) is 0.871. The Hall–Kier alpha value is -1.65. The van der Waals surface area contributed by atoms with Crippen molar-refractivity contribution >= 4 is 5.91 Å². The van der Waals surface area contributed by atoms with E-state index in [1.54, 1.807) is 12.1 Å². The smallest absolute Gasteiger partial charge is 0.248 e. The Morgan fingerprint density at radius 3 is 2.61 bits per heavy atom. The summed E-state index contributed by atoms with van der Waals surface area (Å²) in [6.45, 7) is 0.293. The maximum absolute atomic E-state index is 13.0. The third kappa shape index (κ3) is 3.18. The molecular formula is C13H15F2NO2. The second-order valence-corrected chi connectivity index (χ2v) is 4.68. The topological polar surface area (TPSA) is 49.3 Å². The van der Waals surface area contributed by atoms with E-state index in [1.165, 1.54) is 12.1 Å². The highest BCUT2D eigenvalue weighted by Gasteiger charge is 2.42. The summed E-state index contributed by atoms with van der Waals surface area (Å²) in [5.41, 5.74) is 0.825. The van der Waals surface area contributed by atoms with Gasteiger partial charge in [0, 0.05) is 25.3 Å². The predicted octanol–water partition coefficient (Wildman–Crippen LogP) is 2.44. The zero-order chi connectivity index (χ0) is 13.2. The standard InChI is InChI=1S/C13H15F2NO2/c14-13(15)6-5-10(7-13)12(18)16-8-9-1-3-11(17)4-2-9/h1-4,10,17H,5-8H2,(H,16,18). The minimum Gasteiger partial charge on any atom is -0.508 e. The minimum absolute atomic E-state index is 0.153. The number of rotatable bonds is 3. The molecule has 1 aromatic carbocycles. The first kappa shape index (κ1) is 12.8. The Morgan fingerprint density at radius 2 is 2.06 bits per heavy atom. The lowest BCUT2D eigenvalue weighted by Gasteiger charge is -2.11. The summed E-state index contributed by atoms with van der Waals surface area (Å²) in [4.78, 5) is 11.7. The van der Waals surface area contributed by atoms with Crippen molar-refractivity contribution in [2.24, 2.45) is 5.92 Å². The van der Waals surface area contributed by atoms with Crippen LogP contribution in [0.1, 0.15) is 24.8 Å². The first-order valence-corrected chi connectivity index (χ1v) is 5.90. The van der Waals surface area contributed by atoms with Gasteiger partial charge in [0.05, 0.1) is 0 Å². The molecule has 98 valence electrons. The number of nitrogens with one attached hydrogen (secondary N) is 1. The molecule has 0 radical (unpaired) electrons. The maximum atomic E-state index is 13.0. The molecule has 1 aromatic rings. The van der Waals surface area contributed by atoms with Gasteiger partial charge in [-0.25, -0.2) is 8.78 Å². The fourth-order valence-electron chi connectivity index (χ4n) is 2.12. The number of hydrogen-bond donors (Lipinski definition) is 2. The highest BCUT2D eigenvalue weighted by Crippen LogP contribution is 2.38. The van der Waals surface area contributed by atoms with Crippen LogP contribution in [-0.2, 0) is 11.3 Å². The largest absolute Gasteiger partial charge is 0.508 e. The fourth-order valence-corrected chi connectivity index (χ4v) is 2.12. The monoisotopic (exact) mass is 255 g/mol. The van der Waals surface area contributed by atoms with Crippen LogP contribution in [0.4, 0.5) is 8.78 Å². The van der Waals surface area contributed by atoms with Gasteiger partial charge >= 0.3 is 0 Å². The molecule has 2 rings (SSSR count). The molecule has 3 nitrogen and oxygen atoms in total. The van der Waals surface area contributed by atoms with Crippen molar-refractivity contribution in [1.82, 2.24) is 5.32 Å². The van der Waals surface area contributed by atoms with Crippen molar-refractivity contribution in [1.29, 1.82) is 0 Å². The molecule has 2 N–H and O–H groups in total. The second kappa shape index (κ2) is 4.92. The molecule has 1 fully saturated rings. The normalized spacial score (nSPS) is 21.8. The molecular weight excluding hydrogens is 240 g/mol. The SMILES string of the molecule is O=C(NCc1ccc(O)cc1)C1CCC(F)(F)C1. The third-order valence-electron chi connectivity index (χ3n) is 3.18. The van der Waals surface area contributed by atoms with Gasteiger partial charge in [-0.3, -0.25) is 4.79 Å². The average Bonchev–Trinajstić information content (AvgIpc) is 2.69. The molecule has 1 aliphatic rings. The van der Waals surface area contributed by atoms with E-state index in [0.29, 0.717) is 6.54 Å². The van der Waals surface area contributed by atoms with Crippen LogP contribution in [0.3, 0.4) is 0 Å². The van der Waals surface area contributed by atoms with E-state index in [4.69, 9.17) is 5.11 Å². The number of phenols is 1. The summed E-state index contributed by atoms with van der Waals surface area (Å²) >= 11 is 0. The molecule has 18 heavy (non-hydrogen) atoms. The molecule has 1 saturated carbocycles. The predicted molar refractivity (Wildman–Crippen MR) is 62.2 cm³/mol. The number of amides is 1. The Morgan fingerprint density at radius 1 is 1.39 bits per heavy atom. The number of halogens is 2. The van der Waals surface area contributed by atoms with E-state index >= 15 is 0 Å². The Balaban J connectivity index is 1.84. The van der Waals surface area contributed by atoms with Crippen LogP contribution in [0.2, 0.25) is 0 Å². The van der Waals surface area contributed by atoms with E-state index in [0.717, 1.165) is 5.56 Å². The van der Waals surface area contributed by atoms with Gasteiger partial charge in [0.1, 0.15) is 5.75 Å². The van der Waals surface area contributed by atoms with E-state index in [1.807, 2.05) is 0 Å². The van der Waals surface area contributed by atoms with Gasteiger partial charge in [-0.2, -0.15) is 0 Å². The number of carbonyl (C=O) groups is 1. The summed E-state index contributed by atoms with van der Waals surface area (Å²) < 4.78 is 25.9. The number of aromatic hydroxyl groups is 1. The molecule has 0 spiro atoms. The average molecular weight is 255 g/mol. The van der Waals surface area contributed by atoms with Gasteiger partial charge < -0.3 is 10.4 Å². The summed E-state index contributed by atoms with van der Waals surface area (Å²) in [5.74, 6) is -3.45. The number of phenolic OH excluding ortho intramolecular Hbond substituents is 1. The molecule has 1 unspecified atom stereocenters. The molecule has 0 heterocycles. The lowest BCUT2D eigenvalue weighted by molar-refractivity contribution is -0.125. The third-order valence-corrected chi connectivity index (χ3v) is 3.18. The second-order valence-electron chi connectivity index (χ2n) is 4.68. The van der Waals surface area contributed by atoms with Gasteiger partial charge in [0.25, 0.3) is 0 Å². The molecule has 1 aliphatic carbocycles. The number of alkyl halides is 2. The molecule has 0 aliphatic heterocycles. The van der Waals surface area contributed by atoms with Crippen molar-refractivity contribution in [2.45, 2.75) is 31.7 Å². The lowest BCUT2D eigenvalue weighted by Crippen LogP contribution is -2.29. The summed E-state index contributed by atoms with van der Waals surface area (Å²) in [6, 6.07) is 6.40. The molecule has 1 amide bonds. The van der Waals surface area contributed by atoms with E-state index in [2.05, 4.69) is 5.32 Å². The molecule has 0 saturated heterocycles. The van der Waals surface area contributed by atoms with Crippen molar-refractivity contribution in [3.8, 4) is 5.75 Å². The molecule has 5 heteroatoms.